The number of alkyl halides is 9. The first kappa shape index (κ1) is 80.1. The van der Waals surface area contributed by atoms with Crippen molar-refractivity contribution < 1.29 is 74.1 Å². The van der Waals surface area contributed by atoms with E-state index in [9.17, 15) is 59.9 Å². The summed E-state index contributed by atoms with van der Waals surface area (Å²) in [5, 5.41) is 9.32. The molecular formula is C69H91Cl3F6N8O10. The van der Waals surface area contributed by atoms with Crippen molar-refractivity contribution in [2.24, 2.45) is 46.3 Å². The number of esters is 3. The molecule has 3 aliphatic rings. The predicted octanol–water partition coefficient (Wildman–Crippen LogP) is 14.0. The summed E-state index contributed by atoms with van der Waals surface area (Å²) in [4.78, 5) is 99.6. The zero-order valence-electron chi connectivity index (χ0n) is 55.6. The second kappa shape index (κ2) is 33.3. The number of carbonyl (C=O) groups excluding carboxylic acids is 7. The summed E-state index contributed by atoms with van der Waals surface area (Å²) in [7, 11) is 0. The molecule has 7 rings (SSSR count). The number of hydrogen-bond acceptors (Lipinski definition) is 14. The van der Waals surface area contributed by atoms with Crippen LogP contribution in [0.2, 0.25) is 0 Å². The van der Waals surface area contributed by atoms with Gasteiger partial charge in [-0.1, -0.05) is 158 Å². The number of aromatic nitrogens is 2. The van der Waals surface area contributed by atoms with Gasteiger partial charge in [-0.05, 0) is 124 Å². The number of amides is 4. The van der Waals surface area contributed by atoms with Crippen LogP contribution in [0.15, 0.2) is 72.8 Å². The molecule has 5 bridgehead atoms. The minimum atomic E-state index is -4.66. The third kappa shape index (κ3) is 22.2. The summed E-state index contributed by atoms with van der Waals surface area (Å²) >= 11 is 16.9. The van der Waals surface area contributed by atoms with Gasteiger partial charge in [-0.15, -0.1) is 0 Å². The zero-order chi connectivity index (χ0) is 70.9. The highest BCUT2D eigenvalue weighted by molar-refractivity contribution is 6.67. The highest BCUT2D eigenvalue weighted by atomic mass is 35.6. The fourth-order valence-corrected chi connectivity index (χ4v) is 11.9. The van der Waals surface area contributed by atoms with Crippen molar-refractivity contribution in [1.29, 1.82) is 0 Å². The number of cyclic esters (lactones) is 1. The standard InChI is InChI=1S/C36H46Cl3F3N4O6.C32H41F3N4O4.CH4/c1-20(2)26(31(48)43-21(3)32(49)46-16-8-9-28(45-46)33(50)51-19-35(37,38)39)18-30(36(40,41)42)34(6,7)15-14-24-10-11-25-12-13-27(44-29(25)17-24)22(4)52-23(5)47;1-18(2)23-17-27(32(33,34)35)31(5,6)14-13-21-9-10-22-11-12-24(37-26(22)16-21)20(4)43-30(42)25-8-7-15-39(38-25)29(41)19(3)36-28(23)40;/h10-15,17,20-22,26,28,30,45H,8-9,16,18-19H2,1-7H3,(H,43,48);9-14,16,18-20,23,25,27,38H,7-8,15,17H2,1-6H3,(H,36,40);1H4/b15-14+;14-13+;/t21-,22+,26-,28-,30-;19-,20+,23-,25-,27-;/m00./s1. The Morgan fingerprint density at radius 1 is 0.844 bits per heavy atom. The number of pyridine rings is 2. The van der Waals surface area contributed by atoms with Gasteiger partial charge in [-0.25, -0.2) is 20.8 Å². The minimum Gasteiger partial charge on any atom is -0.460 e. The lowest BCUT2D eigenvalue weighted by Crippen LogP contribution is -2.60. The maximum Gasteiger partial charge on any atom is 0.392 e. The molecule has 18 nitrogen and oxygen atoms in total. The van der Waals surface area contributed by atoms with Gasteiger partial charge in [0.25, 0.3) is 11.8 Å². The van der Waals surface area contributed by atoms with Crippen LogP contribution in [0.25, 0.3) is 34.0 Å². The van der Waals surface area contributed by atoms with E-state index >= 15 is 0 Å². The lowest BCUT2D eigenvalue weighted by molar-refractivity contribution is -0.203. The monoisotopic (exact) mass is 1410 g/mol. The molecule has 4 aromatic rings. The number of nitrogens with zero attached hydrogens (tertiary/aromatic N) is 4. The summed E-state index contributed by atoms with van der Waals surface area (Å²) in [6.07, 6.45) is -3.47. The molecule has 27 heteroatoms. The van der Waals surface area contributed by atoms with Gasteiger partial charge in [0.15, 0.2) is 0 Å². The van der Waals surface area contributed by atoms with Crippen molar-refractivity contribution in [1.82, 2.24) is 41.5 Å². The second-order valence-corrected chi connectivity index (χ2v) is 29.2. The smallest absolute Gasteiger partial charge is 0.392 e. The first-order valence-electron chi connectivity index (χ1n) is 31.7. The predicted molar refractivity (Wildman–Crippen MR) is 358 cm³/mol. The van der Waals surface area contributed by atoms with Crippen LogP contribution < -0.4 is 21.5 Å². The van der Waals surface area contributed by atoms with E-state index in [1.165, 1.54) is 70.6 Å². The van der Waals surface area contributed by atoms with E-state index in [1.807, 2.05) is 18.2 Å². The van der Waals surface area contributed by atoms with Crippen LogP contribution in [-0.4, -0.2) is 122 Å². The fourth-order valence-electron chi connectivity index (χ4n) is 11.7. The number of fused-ring (bicyclic) bond motifs is 5. The van der Waals surface area contributed by atoms with E-state index in [4.69, 9.17) is 49.0 Å². The largest absolute Gasteiger partial charge is 0.460 e. The van der Waals surface area contributed by atoms with Crippen molar-refractivity contribution in [3.63, 3.8) is 0 Å². The number of hydrazine groups is 2. The van der Waals surface area contributed by atoms with E-state index in [0.29, 0.717) is 65.8 Å². The number of nitrogens with one attached hydrogen (secondary N) is 4. The Morgan fingerprint density at radius 3 is 2.08 bits per heavy atom. The molecule has 2 saturated heterocycles. The van der Waals surface area contributed by atoms with Gasteiger partial charge in [0.05, 0.1) is 34.3 Å². The first-order valence-corrected chi connectivity index (χ1v) is 32.9. The number of carbonyl (C=O) groups is 7. The SMILES string of the molecule is C.CC(=O)O[C@H](C)c1ccc2ccc(/C=C/C(C)(C)[C@H](C[C@H](C(=O)N[C@@H](C)C(=O)N3CCC[C@@H](C(=O)OCC(Cl)(Cl)Cl)N3)C(C)C)C(F)(F)F)cc2n1.CC(C)[C@@H]1C[C@H](C(F)(F)F)C(C)(C)/C=C/c2ccc3ccc(nc3c2)[C@@H](C)OC(=O)[C@@H]2CCCN(N2)C(=O)[C@H](C)NC1=O. The average molecular weight is 1410 g/mol. The van der Waals surface area contributed by atoms with Crippen LogP contribution in [0, 0.1) is 46.3 Å². The first-order chi connectivity index (χ1) is 44.0. The molecular weight excluding hydrogens is 1320 g/mol. The van der Waals surface area contributed by atoms with Crippen LogP contribution >= 0.6 is 34.8 Å². The lowest BCUT2D eigenvalue weighted by atomic mass is 9.71. The Hall–Kier alpha value is -6.60. The van der Waals surface area contributed by atoms with Crippen molar-refractivity contribution >= 4 is 110 Å². The van der Waals surface area contributed by atoms with Gasteiger partial charge in [0, 0.05) is 42.6 Å². The topological polar surface area (TPSA) is 228 Å². The molecule has 0 aliphatic carbocycles. The third-order valence-electron chi connectivity index (χ3n) is 17.5. The Balaban J connectivity index is 0.000000349. The molecule has 5 heterocycles. The van der Waals surface area contributed by atoms with Crippen LogP contribution in [0.5, 0.6) is 0 Å². The Kier molecular flexibility index (Phi) is 27.8. The van der Waals surface area contributed by atoms with Gasteiger partial charge >= 0.3 is 30.3 Å². The molecule has 0 unspecified atom stereocenters. The summed E-state index contributed by atoms with van der Waals surface area (Å²) < 4.78 is 102. The van der Waals surface area contributed by atoms with Gasteiger partial charge in [0.2, 0.25) is 15.6 Å². The van der Waals surface area contributed by atoms with Gasteiger partial charge in [-0.2, -0.15) is 26.3 Å². The van der Waals surface area contributed by atoms with E-state index in [1.54, 1.807) is 96.2 Å². The normalized spacial score (nSPS) is 22.6. The van der Waals surface area contributed by atoms with Gasteiger partial charge < -0.3 is 24.8 Å². The summed E-state index contributed by atoms with van der Waals surface area (Å²) in [5.74, 6) is -10.8. The number of halogens is 9. The number of ether oxygens (including phenoxy) is 3. The number of rotatable bonds is 14. The Morgan fingerprint density at radius 2 is 1.47 bits per heavy atom. The molecule has 530 valence electrons. The van der Waals surface area contributed by atoms with E-state index in [-0.39, 0.29) is 14.0 Å². The number of benzene rings is 2. The molecule has 3 aliphatic heterocycles. The Labute approximate surface area is 573 Å². The van der Waals surface area contributed by atoms with E-state index in [2.05, 4.69) is 31.5 Å². The Bertz CT molecular complexity index is 3470. The molecule has 2 fully saturated rings. The summed E-state index contributed by atoms with van der Waals surface area (Å²) in [6, 6.07) is 14.1. The van der Waals surface area contributed by atoms with Gasteiger partial charge in [0.1, 0.15) is 43.0 Å². The summed E-state index contributed by atoms with van der Waals surface area (Å²) in [5.41, 5.74) is 6.40. The van der Waals surface area contributed by atoms with Gasteiger partial charge in [-0.3, -0.25) is 43.6 Å². The molecule has 4 N–H and O–H groups in total. The van der Waals surface area contributed by atoms with Crippen molar-refractivity contribution in [2.75, 3.05) is 19.7 Å². The van der Waals surface area contributed by atoms with Crippen LogP contribution in [-0.2, 0) is 47.8 Å². The minimum absolute atomic E-state index is 0. The number of hydrogen-bond donors (Lipinski definition) is 4. The zero-order valence-corrected chi connectivity index (χ0v) is 57.9. The second-order valence-electron chi connectivity index (χ2n) is 26.7. The molecule has 10 atom stereocenters. The van der Waals surface area contributed by atoms with Crippen molar-refractivity contribution in [3.8, 4) is 0 Å². The maximum absolute atomic E-state index is 14.8. The lowest BCUT2D eigenvalue weighted by Gasteiger charge is -2.37. The molecule has 0 radical (unpaired) electrons. The van der Waals surface area contributed by atoms with Crippen LogP contribution in [0.1, 0.15) is 171 Å². The molecule has 96 heavy (non-hydrogen) atoms. The van der Waals surface area contributed by atoms with E-state index in [0.717, 1.165) is 10.8 Å². The maximum atomic E-state index is 14.8. The quantitative estimate of drug-likeness (QED) is 0.0399. The molecule has 2 aromatic heterocycles. The molecule has 0 spiro atoms. The van der Waals surface area contributed by atoms with Crippen LogP contribution in [0.4, 0.5) is 26.3 Å². The fraction of sp³-hybridized carbons (Fsp3) is 0.580. The average Bonchev–Trinajstić information content (AvgIpc) is 0.834. The molecule has 2 aromatic carbocycles. The summed E-state index contributed by atoms with van der Waals surface area (Å²) in [6.45, 7) is 20.4. The number of allylic oxidation sites excluding steroid dienone is 2. The van der Waals surface area contributed by atoms with Crippen molar-refractivity contribution in [3.05, 3.63) is 95.3 Å². The molecule has 4 amide bonds. The van der Waals surface area contributed by atoms with Crippen LogP contribution in [0.3, 0.4) is 0 Å². The van der Waals surface area contributed by atoms with E-state index < -0.39 is 160 Å². The van der Waals surface area contributed by atoms with Crippen molar-refractivity contribution in [2.45, 2.75) is 188 Å². The molecule has 0 saturated carbocycles. The third-order valence-corrected chi connectivity index (χ3v) is 17.8. The highest BCUT2D eigenvalue weighted by Gasteiger charge is 2.51. The highest BCUT2D eigenvalue weighted by Crippen LogP contribution is 2.48.